The van der Waals surface area contributed by atoms with Crippen molar-refractivity contribution in [1.29, 1.82) is 0 Å². The van der Waals surface area contributed by atoms with Crippen molar-refractivity contribution in [3.63, 3.8) is 0 Å². The predicted octanol–water partition coefficient (Wildman–Crippen LogP) is 4.42. The van der Waals surface area contributed by atoms with Gasteiger partial charge < -0.3 is 14.6 Å². The first-order valence-electron chi connectivity index (χ1n) is 11.3. The molecule has 37 heavy (non-hydrogen) atoms. The molecule has 4 rings (SSSR count). The fourth-order valence-electron chi connectivity index (χ4n) is 3.87. The van der Waals surface area contributed by atoms with Crippen LogP contribution in [-0.4, -0.2) is 35.1 Å². The molecule has 0 unspecified atom stereocenters. The number of nitrogens with zero attached hydrogens (tertiary/aromatic N) is 1. The molecule has 9 heteroatoms. The predicted molar refractivity (Wildman–Crippen MR) is 143 cm³/mol. The Hall–Kier alpha value is -4.50. The largest absolute Gasteiger partial charge is 0.493 e. The van der Waals surface area contributed by atoms with Crippen LogP contribution in [0.5, 0.6) is 11.5 Å². The van der Waals surface area contributed by atoms with E-state index in [0.29, 0.717) is 22.7 Å². The van der Waals surface area contributed by atoms with Gasteiger partial charge in [-0.3, -0.25) is 19.8 Å². The second kappa shape index (κ2) is 10.6. The number of hydrogen-bond donors (Lipinski definition) is 2. The van der Waals surface area contributed by atoms with E-state index in [4.69, 9.17) is 26.8 Å². The fraction of sp³-hybridized carbons (Fsp3) is 0.143. The second-order valence-corrected chi connectivity index (χ2v) is 8.73. The quantitative estimate of drug-likeness (QED) is 0.272. The highest BCUT2D eigenvalue weighted by atomic mass is 32.1. The van der Waals surface area contributed by atoms with Crippen molar-refractivity contribution < 1.29 is 29.0 Å². The number of aromatic carboxylic acids is 1. The lowest BCUT2D eigenvalue weighted by molar-refractivity contribution is -0.122. The van der Waals surface area contributed by atoms with Crippen molar-refractivity contribution >= 4 is 46.9 Å². The molecule has 0 saturated carbocycles. The van der Waals surface area contributed by atoms with E-state index in [1.54, 1.807) is 36.4 Å². The maximum atomic E-state index is 13.5. The SMILES string of the molecule is COc1cccc(/C=C2\C(=O)NC(=S)N(c3cccc(C)c3C)C2=O)c1OCc1ccc(C(=O)O)cc1. The Bertz CT molecular complexity index is 1450. The summed E-state index contributed by atoms with van der Waals surface area (Å²) in [6, 6.07) is 16.9. The lowest BCUT2D eigenvalue weighted by atomic mass is 10.0. The highest BCUT2D eigenvalue weighted by Crippen LogP contribution is 2.34. The number of aryl methyl sites for hydroxylation is 1. The molecular formula is C28H24N2O6S. The molecule has 3 aromatic carbocycles. The normalized spacial score (nSPS) is 14.5. The number of anilines is 1. The number of carboxylic acids is 1. The first kappa shape index (κ1) is 25.6. The number of benzene rings is 3. The summed E-state index contributed by atoms with van der Waals surface area (Å²) >= 11 is 5.33. The fourth-order valence-corrected chi connectivity index (χ4v) is 4.14. The highest BCUT2D eigenvalue weighted by Gasteiger charge is 2.35. The van der Waals surface area contributed by atoms with Gasteiger partial charge in [-0.2, -0.15) is 0 Å². The van der Waals surface area contributed by atoms with Gasteiger partial charge in [0.2, 0.25) is 0 Å². The number of para-hydroxylation sites is 1. The minimum atomic E-state index is -1.02. The first-order chi connectivity index (χ1) is 17.7. The van der Waals surface area contributed by atoms with Crippen LogP contribution in [0.1, 0.15) is 32.6 Å². The third kappa shape index (κ3) is 5.22. The van der Waals surface area contributed by atoms with Crippen molar-refractivity contribution in [3.05, 3.63) is 94.1 Å². The standard InChI is InChI=1S/C28H24N2O6S/c1-16-6-4-8-22(17(16)2)30-26(32)21(25(31)29-28(30)37)14-20-7-5-9-23(35-3)24(20)36-15-18-10-12-19(13-11-18)27(33)34/h4-14H,15H2,1-3H3,(H,33,34)(H,29,31,37)/b21-14+. The van der Waals surface area contributed by atoms with E-state index in [-0.39, 0.29) is 22.9 Å². The number of carbonyl (C=O) groups excluding carboxylic acids is 2. The van der Waals surface area contributed by atoms with E-state index >= 15 is 0 Å². The summed E-state index contributed by atoms with van der Waals surface area (Å²) in [6.07, 6.45) is 1.45. The molecule has 0 aromatic heterocycles. The van der Waals surface area contributed by atoms with Crippen LogP contribution in [0.15, 0.2) is 66.2 Å². The van der Waals surface area contributed by atoms with E-state index < -0.39 is 17.8 Å². The Morgan fingerprint density at radius 1 is 1.05 bits per heavy atom. The van der Waals surface area contributed by atoms with E-state index in [1.165, 1.54) is 30.2 Å². The Balaban J connectivity index is 1.69. The van der Waals surface area contributed by atoms with Gasteiger partial charge in [-0.1, -0.05) is 36.4 Å². The topological polar surface area (TPSA) is 105 Å². The first-order valence-corrected chi connectivity index (χ1v) is 11.7. The number of nitrogens with one attached hydrogen (secondary N) is 1. The second-order valence-electron chi connectivity index (χ2n) is 8.35. The maximum absolute atomic E-state index is 13.5. The number of carboxylic acid groups (broad SMARTS) is 1. The van der Waals surface area contributed by atoms with Crippen molar-refractivity contribution in [2.45, 2.75) is 20.5 Å². The van der Waals surface area contributed by atoms with Gasteiger partial charge in [0.1, 0.15) is 12.2 Å². The number of hydrogen-bond acceptors (Lipinski definition) is 6. The molecule has 0 bridgehead atoms. The van der Waals surface area contributed by atoms with Crippen LogP contribution in [0.25, 0.3) is 6.08 Å². The third-order valence-corrected chi connectivity index (χ3v) is 6.32. The molecule has 1 aliphatic rings. The molecule has 188 valence electrons. The van der Waals surface area contributed by atoms with Crippen LogP contribution in [0, 0.1) is 13.8 Å². The molecule has 2 amide bonds. The number of ether oxygens (including phenoxy) is 2. The Kier molecular flexibility index (Phi) is 7.35. The van der Waals surface area contributed by atoms with Crippen molar-refractivity contribution in [3.8, 4) is 11.5 Å². The summed E-state index contributed by atoms with van der Waals surface area (Å²) in [4.78, 5) is 38.8. The van der Waals surface area contributed by atoms with E-state index in [0.717, 1.165) is 16.7 Å². The van der Waals surface area contributed by atoms with Crippen LogP contribution in [0.4, 0.5) is 5.69 Å². The number of rotatable bonds is 7. The van der Waals surface area contributed by atoms with Gasteiger partial charge in [-0.05, 0) is 73.1 Å². The van der Waals surface area contributed by atoms with Crippen LogP contribution in [0.3, 0.4) is 0 Å². The van der Waals surface area contributed by atoms with Crippen LogP contribution in [-0.2, 0) is 16.2 Å². The van der Waals surface area contributed by atoms with E-state index in [2.05, 4.69) is 5.32 Å². The molecule has 0 atom stereocenters. The van der Waals surface area contributed by atoms with E-state index in [1.807, 2.05) is 26.0 Å². The Labute approximate surface area is 219 Å². The summed E-state index contributed by atoms with van der Waals surface area (Å²) in [6.45, 7) is 3.92. The summed E-state index contributed by atoms with van der Waals surface area (Å²) in [5, 5.41) is 11.7. The molecule has 0 spiro atoms. The zero-order valence-electron chi connectivity index (χ0n) is 20.4. The third-order valence-electron chi connectivity index (χ3n) is 6.03. The van der Waals surface area contributed by atoms with Crippen molar-refractivity contribution in [2.75, 3.05) is 12.0 Å². The molecular weight excluding hydrogens is 492 g/mol. The molecule has 2 N–H and O–H groups in total. The summed E-state index contributed by atoms with van der Waals surface area (Å²) in [7, 11) is 1.49. The van der Waals surface area contributed by atoms with E-state index in [9.17, 15) is 14.4 Å². The van der Waals surface area contributed by atoms with Gasteiger partial charge in [0, 0.05) is 5.56 Å². The molecule has 1 fully saturated rings. The molecule has 1 saturated heterocycles. The van der Waals surface area contributed by atoms with Crippen LogP contribution in [0.2, 0.25) is 0 Å². The Morgan fingerprint density at radius 3 is 2.43 bits per heavy atom. The smallest absolute Gasteiger partial charge is 0.335 e. The summed E-state index contributed by atoms with van der Waals surface area (Å²) < 4.78 is 11.5. The van der Waals surface area contributed by atoms with Crippen LogP contribution < -0.4 is 19.7 Å². The lowest BCUT2D eigenvalue weighted by Crippen LogP contribution is -2.54. The monoisotopic (exact) mass is 516 g/mol. The Morgan fingerprint density at radius 2 is 1.76 bits per heavy atom. The molecule has 0 radical (unpaired) electrons. The maximum Gasteiger partial charge on any atom is 0.335 e. The highest BCUT2D eigenvalue weighted by molar-refractivity contribution is 7.80. The summed E-state index contributed by atoms with van der Waals surface area (Å²) in [5.41, 5.74) is 3.68. The molecule has 1 aliphatic heterocycles. The van der Waals surface area contributed by atoms with Gasteiger partial charge in [-0.25, -0.2) is 4.79 Å². The number of carbonyl (C=O) groups is 3. The average molecular weight is 517 g/mol. The van der Waals surface area contributed by atoms with Gasteiger partial charge in [0.25, 0.3) is 11.8 Å². The van der Waals surface area contributed by atoms with Gasteiger partial charge in [-0.15, -0.1) is 0 Å². The van der Waals surface area contributed by atoms with Gasteiger partial charge in [0.05, 0.1) is 18.4 Å². The summed E-state index contributed by atoms with van der Waals surface area (Å²) in [5.74, 6) is -1.46. The van der Waals surface area contributed by atoms with Gasteiger partial charge >= 0.3 is 5.97 Å². The number of amides is 2. The van der Waals surface area contributed by atoms with Crippen molar-refractivity contribution in [2.24, 2.45) is 0 Å². The molecule has 8 nitrogen and oxygen atoms in total. The van der Waals surface area contributed by atoms with Crippen LogP contribution >= 0.6 is 12.2 Å². The minimum absolute atomic E-state index is 0.00720. The molecule has 3 aromatic rings. The molecule has 0 aliphatic carbocycles. The molecule has 1 heterocycles. The zero-order valence-corrected chi connectivity index (χ0v) is 21.2. The number of methoxy groups -OCH3 is 1. The lowest BCUT2D eigenvalue weighted by Gasteiger charge is -2.30. The van der Waals surface area contributed by atoms with Gasteiger partial charge in [0.15, 0.2) is 16.6 Å². The number of thiocarbonyl (C=S) groups is 1. The van der Waals surface area contributed by atoms with Crippen molar-refractivity contribution in [1.82, 2.24) is 5.32 Å². The zero-order chi connectivity index (χ0) is 26.7. The minimum Gasteiger partial charge on any atom is -0.493 e. The average Bonchev–Trinajstić information content (AvgIpc) is 2.88.